The van der Waals surface area contributed by atoms with E-state index < -0.39 is 6.36 Å². The van der Waals surface area contributed by atoms with Gasteiger partial charge in [0, 0.05) is 38.1 Å². The topological polar surface area (TPSA) is 83.5 Å². The van der Waals surface area contributed by atoms with E-state index >= 15 is 0 Å². The summed E-state index contributed by atoms with van der Waals surface area (Å²) in [7, 11) is 0. The summed E-state index contributed by atoms with van der Waals surface area (Å²) in [6, 6.07) is 11.1. The highest BCUT2D eigenvalue weighted by Gasteiger charge is 2.31. The third-order valence-electron chi connectivity index (χ3n) is 4.67. The highest BCUT2D eigenvalue weighted by Crippen LogP contribution is 2.29. The van der Waals surface area contributed by atoms with Gasteiger partial charge in [-0.05, 0) is 36.4 Å². The Morgan fingerprint density at radius 3 is 2.52 bits per heavy atom. The van der Waals surface area contributed by atoms with Crippen molar-refractivity contribution in [2.45, 2.75) is 10.7 Å². The predicted octanol–water partition coefficient (Wildman–Crippen LogP) is 4.02. The average molecular weight is 497 g/mol. The molecule has 1 N–H and O–H groups in total. The lowest BCUT2D eigenvalue weighted by molar-refractivity contribution is -0.274. The summed E-state index contributed by atoms with van der Waals surface area (Å²) in [6.07, 6.45) is -2.98. The summed E-state index contributed by atoms with van der Waals surface area (Å²) in [4.78, 5) is 20.9. The molecule has 1 aliphatic rings. The van der Waals surface area contributed by atoms with Crippen molar-refractivity contribution in [2.75, 3.05) is 42.1 Å². The minimum absolute atomic E-state index is 0.0330. The number of aromatic nitrogens is 3. The number of alkyl halides is 3. The molecule has 13 heteroatoms. The fourth-order valence-corrected chi connectivity index (χ4v) is 4.80. The van der Waals surface area contributed by atoms with Crippen molar-refractivity contribution >= 4 is 45.6 Å². The van der Waals surface area contributed by atoms with Crippen LogP contribution in [0.25, 0.3) is 0 Å². The number of nitrogens with zero attached hydrogens (tertiary/aromatic N) is 5. The van der Waals surface area contributed by atoms with Crippen LogP contribution in [0.5, 0.6) is 5.75 Å². The maximum absolute atomic E-state index is 12.6. The summed E-state index contributed by atoms with van der Waals surface area (Å²) < 4.78 is 41.2. The lowest BCUT2D eigenvalue weighted by Gasteiger charge is -2.35. The molecule has 174 valence electrons. The van der Waals surface area contributed by atoms with Crippen LogP contribution in [-0.2, 0) is 4.79 Å². The Bertz CT molecular complexity index is 1060. The van der Waals surface area contributed by atoms with E-state index in [1.807, 2.05) is 23.1 Å². The molecule has 1 fully saturated rings. The molecule has 33 heavy (non-hydrogen) atoms. The lowest BCUT2D eigenvalue weighted by Crippen LogP contribution is -2.49. The number of benzene rings is 1. The fourth-order valence-electron chi connectivity index (χ4n) is 3.12. The first-order valence-corrected chi connectivity index (χ1v) is 11.7. The zero-order chi connectivity index (χ0) is 23.3. The Hall–Kier alpha value is -3.06. The van der Waals surface area contributed by atoms with Gasteiger partial charge in [0.2, 0.25) is 11.0 Å². The molecule has 4 rings (SSSR count). The number of carbonyl (C=O) groups is 1. The van der Waals surface area contributed by atoms with Crippen LogP contribution in [0.1, 0.15) is 0 Å². The Balaban J connectivity index is 1.22. The van der Waals surface area contributed by atoms with Crippen molar-refractivity contribution in [1.82, 2.24) is 20.1 Å². The molecule has 0 saturated carbocycles. The average Bonchev–Trinajstić information content (AvgIpc) is 3.26. The van der Waals surface area contributed by atoms with Gasteiger partial charge in [0.1, 0.15) is 11.6 Å². The minimum Gasteiger partial charge on any atom is -0.406 e. The number of piperazine rings is 1. The Kier molecular flexibility index (Phi) is 7.18. The number of thioether (sulfide) groups is 1. The predicted molar refractivity (Wildman–Crippen MR) is 120 cm³/mol. The standard InChI is InChI=1S/C20H19F3N6O2S2/c21-20(22,23)31-15-6-4-14(5-7-15)25-18-26-27-19(33-18)32-13-17(30)29-11-9-28(10-12-29)16-3-1-2-8-24-16/h1-8H,9-13H2,(H,25,26). The Morgan fingerprint density at radius 1 is 1.09 bits per heavy atom. The summed E-state index contributed by atoms with van der Waals surface area (Å²) in [5.41, 5.74) is 0.541. The van der Waals surface area contributed by atoms with Crippen LogP contribution in [0, 0.1) is 0 Å². The first-order chi connectivity index (χ1) is 15.9. The van der Waals surface area contributed by atoms with Gasteiger partial charge in [0.25, 0.3) is 0 Å². The second kappa shape index (κ2) is 10.3. The number of hydrogen-bond acceptors (Lipinski definition) is 9. The molecule has 1 aliphatic heterocycles. The van der Waals surface area contributed by atoms with Gasteiger partial charge in [-0.15, -0.1) is 23.4 Å². The second-order valence-electron chi connectivity index (χ2n) is 6.91. The number of rotatable bonds is 7. The van der Waals surface area contributed by atoms with Crippen LogP contribution in [0.3, 0.4) is 0 Å². The SMILES string of the molecule is O=C(CSc1nnc(Nc2ccc(OC(F)(F)F)cc2)s1)N1CCN(c2ccccn2)CC1. The molecule has 1 amide bonds. The van der Waals surface area contributed by atoms with Crippen molar-refractivity contribution < 1.29 is 22.7 Å². The summed E-state index contributed by atoms with van der Waals surface area (Å²) in [5, 5.41) is 11.5. The van der Waals surface area contributed by atoms with Crippen LogP contribution in [0.4, 0.5) is 29.8 Å². The van der Waals surface area contributed by atoms with E-state index in [9.17, 15) is 18.0 Å². The van der Waals surface area contributed by atoms with E-state index in [1.165, 1.54) is 47.4 Å². The molecule has 1 aromatic carbocycles. The van der Waals surface area contributed by atoms with Gasteiger partial charge in [-0.2, -0.15) is 0 Å². The minimum atomic E-state index is -4.73. The zero-order valence-electron chi connectivity index (χ0n) is 17.2. The smallest absolute Gasteiger partial charge is 0.406 e. The summed E-state index contributed by atoms with van der Waals surface area (Å²) >= 11 is 2.56. The Labute approximate surface area is 195 Å². The number of hydrogen-bond donors (Lipinski definition) is 1. The Morgan fingerprint density at radius 2 is 1.85 bits per heavy atom. The number of nitrogens with one attached hydrogen (secondary N) is 1. The molecule has 1 saturated heterocycles. The van der Waals surface area contributed by atoms with Crippen LogP contribution in [0.2, 0.25) is 0 Å². The summed E-state index contributed by atoms with van der Waals surface area (Å²) in [6.45, 7) is 2.72. The fraction of sp³-hybridized carbons (Fsp3) is 0.300. The third kappa shape index (κ3) is 6.71. The number of amides is 1. The molecule has 3 aromatic rings. The van der Waals surface area contributed by atoms with Crippen LogP contribution in [0.15, 0.2) is 53.0 Å². The van der Waals surface area contributed by atoms with Gasteiger partial charge in [-0.1, -0.05) is 29.2 Å². The molecule has 0 radical (unpaired) electrons. The molecule has 0 spiro atoms. The zero-order valence-corrected chi connectivity index (χ0v) is 18.8. The van der Waals surface area contributed by atoms with E-state index in [0.717, 1.165) is 18.9 Å². The van der Waals surface area contributed by atoms with Gasteiger partial charge in [-0.3, -0.25) is 4.79 Å². The molecular formula is C20H19F3N6O2S2. The second-order valence-corrected chi connectivity index (χ2v) is 9.11. The third-order valence-corrected chi connectivity index (χ3v) is 6.63. The van der Waals surface area contributed by atoms with Crippen LogP contribution < -0.4 is 15.0 Å². The van der Waals surface area contributed by atoms with E-state index in [-0.39, 0.29) is 17.4 Å². The molecule has 0 atom stereocenters. The maximum atomic E-state index is 12.6. The van der Waals surface area contributed by atoms with Crippen molar-refractivity contribution in [3.63, 3.8) is 0 Å². The van der Waals surface area contributed by atoms with Crippen LogP contribution in [-0.4, -0.2) is 64.3 Å². The van der Waals surface area contributed by atoms with E-state index in [0.29, 0.717) is 28.2 Å². The normalized spacial score (nSPS) is 14.3. The molecular weight excluding hydrogens is 477 g/mol. The van der Waals surface area contributed by atoms with E-state index in [4.69, 9.17) is 0 Å². The molecule has 8 nitrogen and oxygen atoms in total. The van der Waals surface area contributed by atoms with Crippen molar-refractivity contribution in [1.29, 1.82) is 0 Å². The highest BCUT2D eigenvalue weighted by atomic mass is 32.2. The van der Waals surface area contributed by atoms with Gasteiger partial charge in [0.15, 0.2) is 4.34 Å². The van der Waals surface area contributed by atoms with Crippen molar-refractivity contribution in [2.24, 2.45) is 0 Å². The van der Waals surface area contributed by atoms with Gasteiger partial charge in [0.05, 0.1) is 5.75 Å². The van der Waals surface area contributed by atoms with Crippen molar-refractivity contribution in [3.8, 4) is 5.75 Å². The van der Waals surface area contributed by atoms with E-state index in [2.05, 4.69) is 30.1 Å². The monoisotopic (exact) mass is 496 g/mol. The molecule has 0 unspecified atom stereocenters. The molecule has 0 aliphatic carbocycles. The molecule has 2 aromatic heterocycles. The maximum Gasteiger partial charge on any atom is 0.573 e. The number of anilines is 3. The largest absolute Gasteiger partial charge is 0.573 e. The number of ether oxygens (including phenoxy) is 1. The van der Waals surface area contributed by atoms with E-state index in [1.54, 1.807) is 6.20 Å². The van der Waals surface area contributed by atoms with Crippen LogP contribution >= 0.6 is 23.1 Å². The molecule has 0 bridgehead atoms. The first-order valence-electron chi connectivity index (χ1n) is 9.89. The first kappa shape index (κ1) is 23.1. The molecule has 3 heterocycles. The van der Waals surface area contributed by atoms with Gasteiger partial charge >= 0.3 is 6.36 Å². The number of pyridine rings is 1. The quantitative estimate of drug-likeness (QED) is 0.492. The summed E-state index contributed by atoms with van der Waals surface area (Å²) in [5.74, 6) is 0.892. The van der Waals surface area contributed by atoms with Gasteiger partial charge in [-0.25, -0.2) is 4.98 Å². The number of carbonyl (C=O) groups excluding carboxylic acids is 1. The lowest BCUT2D eigenvalue weighted by atomic mass is 10.3. The highest BCUT2D eigenvalue weighted by molar-refractivity contribution is 8.01. The van der Waals surface area contributed by atoms with Crippen molar-refractivity contribution in [3.05, 3.63) is 48.7 Å². The number of halogens is 3. The van der Waals surface area contributed by atoms with Gasteiger partial charge < -0.3 is 19.9 Å².